The van der Waals surface area contributed by atoms with Crippen molar-refractivity contribution in [2.24, 2.45) is 5.92 Å². The van der Waals surface area contributed by atoms with Crippen LogP contribution < -0.4 is 0 Å². The fraction of sp³-hybridized carbons (Fsp3) is 0.900. The molecule has 2 rings (SSSR count). The minimum absolute atomic E-state index is 0.00315. The molecule has 3 heteroatoms. The molecule has 3 nitrogen and oxygen atoms in total. The van der Waals surface area contributed by atoms with Gasteiger partial charge in [0.25, 0.3) is 0 Å². The third-order valence-corrected chi connectivity index (χ3v) is 3.34. The van der Waals surface area contributed by atoms with E-state index in [9.17, 15) is 4.79 Å². The Balaban J connectivity index is 2.05. The molecule has 2 heterocycles. The zero-order chi connectivity index (χ0) is 9.26. The number of nitrogens with zero attached hydrogens (tertiary/aromatic N) is 1. The van der Waals surface area contributed by atoms with Crippen LogP contribution in [0.2, 0.25) is 0 Å². The Labute approximate surface area is 79.0 Å². The van der Waals surface area contributed by atoms with Crippen molar-refractivity contribution >= 4 is 5.97 Å². The van der Waals surface area contributed by atoms with Crippen LogP contribution in [0.4, 0.5) is 0 Å². The number of rotatable bonds is 1. The van der Waals surface area contributed by atoms with Gasteiger partial charge in [0.2, 0.25) is 0 Å². The van der Waals surface area contributed by atoms with Crippen LogP contribution >= 0.6 is 0 Å². The first kappa shape index (κ1) is 9.00. The van der Waals surface area contributed by atoms with Crippen molar-refractivity contribution in [2.75, 3.05) is 20.2 Å². The van der Waals surface area contributed by atoms with E-state index in [-0.39, 0.29) is 11.9 Å². The molecule has 0 aromatic rings. The number of hydrogen-bond donors (Lipinski definition) is 0. The van der Waals surface area contributed by atoms with E-state index in [1.807, 2.05) is 0 Å². The summed E-state index contributed by atoms with van der Waals surface area (Å²) in [5, 5.41) is 0. The molecule has 0 aromatic heterocycles. The van der Waals surface area contributed by atoms with Gasteiger partial charge in [0, 0.05) is 6.04 Å². The summed E-state index contributed by atoms with van der Waals surface area (Å²) in [6.45, 7) is 2.36. The van der Waals surface area contributed by atoms with Crippen molar-refractivity contribution in [3.63, 3.8) is 0 Å². The lowest BCUT2D eigenvalue weighted by Crippen LogP contribution is -2.44. The highest BCUT2D eigenvalue weighted by Gasteiger charge is 2.38. The Morgan fingerprint density at radius 1 is 1.31 bits per heavy atom. The lowest BCUT2D eigenvalue weighted by molar-refractivity contribution is -0.149. The number of piperidine rings is 1. The van der Waals surface area contributed by atoms with Crippen molar-refractivity contribution in [3.05, 3.63) is 0 Å². The summed E-state index contributed by atoms with van der Waals surface area (Å²) < 4.78 is 4.83. The first-order valence-electron chi connectivity index (χ1n) is 5.15. The van der Waals surface area contributed by atoms with E-state index in [0.717, 1.165) is 12.8 Å². The number of carbonyl (C=O) groups excluding carboxylic acids is 1. The maximum Gasteiger partial charge on any atom is 0.310 e. The third kappa shape index (κ3) is 1.57. The molecule has 0 radical (unpaired) electrons. The van der Waals surface area contributed by atoms with Crippen LogP contribution in [-0.4, -0.2) is 37.1 Å². The van der Waals surface area contributed by atoms with E-state index in [1.165, 1.54) is 33.0 Å². The summed E-state index contributed by atoms with van der Waals surface area (Å²) in [5.74, 6) is 0.151. The van der Waals surface area contributed by atoms with Gasteiger partial charge in [0.15, 0.2) is 0 Å². The maximum atomic E-state index is 11.5. The normalized spacial score (nSPS) is 34.2. The van der Waals surface area contributed by atoms with Crippen molar-refractivity contribution in [2.45, 2.75) is 31.7 Å². The molecule has 2 aliphatic heterocycles. The largest absolute Gasteiger partial charge is 0.469 e. The van der Waals surface area contributed by atoms with Gasteiger partial charge in [-0.1, -0.05) is 0 Å². The number of esters is 1. The maximum absolute atomic E-state index is 11.5. The van der Waals surface area contributed by atoms with E-state index in [2.05, 4.69) is 4.90 Å². The van der Waals surface area contributed by atoms with Gasteiger partial charge in [0.05, 0.1) is 13.0 Å². The molecule has 1 unspecified atom stereocenters. The molecule has 0 amide bonds. The minimum atomic E-state index is -0.00315. The first-order chi connectivity index (χ1) is 6.33. The van der Waals surface area contributed by atoms with Crippen molar-refractivity contribution < 1.29 is 9.53 Å². The predicted molar refractivity (Wildman–Crippen MR) is 49.3 cm³/mol. The van der Waals surface area contributed by atoms with Gasteiger partial charge in [0.1, 0.15) is 0 Å². The van der Waals surface area contributed by atoms with Crippen LogP contribution in [0.5, 0.6) is 0 Å². The third-order valence-electron chi connectivity index (χ3n) is 3.34. The first-order valence-corrected chi connectivity index (χ1v) is 5.15. The van der Waals surface area contributed by atoms with Crippen LogP contribution in [0.1, 0.15) is 25.7 Å². The van der Waals surface area contributed by atoms with Crippen LogP contribution in [0.15, 0.2) is 0 Å². The predicted octanol–water partition coefficient (Wildman–Crippen LogP) is 1.03. The Kier molecular flexibility index (Phi) is 2.54. The average molecular weight is 183 g/mol. The summed E-state index contributed by atoms with van der Waals surface area (Å²) >= 11 is 0. The molecular formula is C10H17NO2. The summed E-state index contributed by atoms with van der Waals surface area (Å²) in [6, 6.07) is 0.487. The summed E-state index contributed by atoms with van der Waals surface area (Å²) in [6.07, 6.45) is 4.60. The number of methoxy groups -OCH3 is 1. The summed E-state index contributed by atoms with van der Waals surface area (Å²) in [5.41, 5.74) is 0. The van der Waals surface area contributed by atoms with Gasteiger partial charge in [-0.3, -0.25) is 9.69 Å². The molecule has 2 aliphatic rings. The van der Waals surface area contributed by atoms with Gasteiger partial charge in [-0.15, -0.1) is 0 Å². The van der Waals surface area contributed by atoms with Gasteiger partial charge in [-0.25, -0.2) is 0 Å². The molecular weight excluding hydrogens is 166 g/mol. The molecule has 13 heavy (non-hydrogen) atoms. The van der Waals surface area contributed by atoms with Crippen molar-refractivity contribution in [1.82, 2.24) is 4.90 Å². The molecule has 0 saturated carbocycles. The average Bonchev–Trinajstić information content (AvgIpc) is 2.63. The molecule has 2 fully saturated rings. The lowest BCUT2D eigenvalue weighted by Gasteiger charge is -2.34. The fourth-order valence-corrected chi connectivity index (χ4v) is 2.72. The van der Waals surface area contributed by atoms with Crippen LogP contribution in [0, 0.1) is 5.92 Å². The SMILES string of the molecule is COC(=O)[C@@H]1CCCN2CCCC12. The standard InChI is InChI=1S/C10H17NO2/c1-13-10(12)8-4-2-6-11-7-3-5-9(8)11/h8-9H,2-7H2,1H3/t8-,9?/m1/s1. The molecule has 2 atom stereocenters. The number of carbonyl (C=O) groups is 1. The quantitative estimate of drug-likeness (QED) is 0.569. The van der Waals surface area contributed by atoms with Crippen molar-refractivity contribution in [1.29, 1.82) is 0 Å². The van der Waals surface area contributed by atoms with E-state index in [4.69, 9.17) is 4.74 Å². The molecule has 2 saturated heterocycles. The zero-order valence-electron chi connectivity index (χ0n) is 8.16. The highest BCUT2D eigenvalue weighted by molar-refractivity contribution is 5.73. The van der Waals surface area contributed by atoms with Gasteiger partial charge in [-0.05, 0) is 38.8 Å². The second-order valence-corrected chi connectivity index (χ2v) is 4.02. The topological polar surface area (TPSA) is 29.5 Å². The van der Waals surface area contributed by atoms with E-state index < -0.39 is 0 Å². The second kappa shape index (κ2) is 3.66. The van der Waals surface area contributed by atoms with E-state index >= 15 is 0 Å². The fourth-order valence-electron chi connectivity index (χ4n) is 2.72. The molecule has 0 aromatic carbocycles. The summed E-state index contributed by atoms with van der Waals surface area (Å²) in [7, 11) is 1.50. The lowest BCUT2D eigenvalue weighted by atomic mass is 9.89. The second-order valence-electron chi connectivity index (χ2n) is 4.02. The van der Waals surface area contributed by atoms with Gasteiger partial charge in [-0.2, -0.15) is 0 Å². The summed E-state index contributed by atoms with van der Waals surface area (Å²) in [4.78, 5) is 13.9. The zero-order valence-corrected chi connectivity index (χ0v) is 8.16. The highest BCUT2D eigenvalue weighted by atomic mass is 16.5. The molecule has 0 aliphatic carbocycles. The Morgan fingerprint density at radius 3 is 2.69 bits per heavy atom. The number of ether oxygens (including phenoxy) is 1. The monoisotopic (exact) mass is 183 g/mol. The van der Waals surface area contributed by atoms with E-state index in [1.54, 1.807) is 0 Å². The van der Waals surface area contributed by atoms with Crippen LogP contribution in [-0.2, 0) is 9.53 Å². The molecule has 74 valence electrons. The Hall–Kier alpha value is -0.570. The van der Waals surface area contributed by atoms with Crippen molar-refractivity contribution in [3.8, 4) is 0 Å². The number of hydrogen-bond acceptors (Lipinski definition) is 3. The Morgan fingerprint density at radius 2 is 2.00 bits per heavy atom. The minimum Gasteiger partial charge on any atom is -0.469 e. The smallest absolute Gasteiger partial charge is 0.310 e. The molecule has 0 bridgehead atoms. The molecule has 0 N–H and O–H groups in total. The van der Waals surface area contributed by atoms with Crippen LogP contribution in [0.3, 0.4) is 0 Å². The van der Waals surface area contributed by atoms with E-state index in [0.29, 0.717) is 6.04 Å². The van der Waals surface area contributed by atoms with Crippen LogP contribution in [0.25, 0.3) is 0 Å². The van der Waals surface area contributed by atoms with Gasteiger partial charge >= 0.3 is 5.97 Å². The highest BCUT2D eigenvalue weighted by Crippen LogP contribution is 2.32. The molecule has 0 spiro atoms. The number of fused-ring (bicyclic) bond motifs is 1. The van der Waals surface area contributed by atoms with Gasteiger partial charge < -0.3 is 4.74 Å². The Bertz CT molecular complexity index is 205.